The number of amides is 1. The zero-order valence-corrected chi connectivity index (χ0v) is 7.37. The molecule has 5 heteroatoms. The fraction of sp³-hybridized carbons (Fsp3) is 0.286. The lowest BCUT2D eigenvalue weighted by atomic mass is 10.4. The Morgan fingerprint density at radius 2 is 2.42 bits per heavy atom. The summed E-state index contributed by atoms with van der Waals surface area (Å²) in [6, 6.07) is 3.43. The summed E-state index contributed by atoms with van der Waals surface area (Å²) in [6.07, 6.45) is 3.24. The Hall–Kier alpha value is -1.10. The first kappa shape index (κ1) is 7.54. The van der Waals surface area contributed by atoms with Gasteiger partial charge in [0.1, 0.15) is 11.6 Å². The Kier molecular flexibility index (Phi) is 1.38. The molecule has 4 nitrogen and oxygen atoms in total. The third kappa shape index (κ3) is 1.06. The van der Waals surface area contributed by atoms with Gasteiger partial charge < -0.3 is 4.57 Å². The minimum absolute atomic E-state index is 0.321. The van der Waals surface area contributed by atoms with Crippen molar-refractivity contribution in [3.05, 3.63) is 24.0 Å². The molecule has 0 N–H and O–H groups in total. The predicted molar refractivity (Wildman–Crippen MR) is 45.3 cm³/mol. The van der Waals surface area contributed by atoms with Gasteiger partial charge in [0.05, 0.1) is 9.73 Å². The summed E-state index contributed by atoms with van der Waals surface area (Å²) in [5, 5.41) is 0. The quantitative estimate of drug-likeness (QED) is 0.596. The van der Waals surface area contributed by atoms with E-state index in [1.807, 2.05) is 0 Å². The van der Waals surface area contributed by atoms with Crippen LogP contribution in [0.2, 0.25) is 0 Å². The van der Waals surface area contributed by atoms with Crippen LogP contribution in [0.1, 0.15) is 10.5 Å². The van der Waals surface area contributed by atoms with E-state index >= 15 is 0 Å². The molecule has 1 aliphatic rings. The van der Waals surface area contributed by atoms with Gasteiger partial charge in [-0.3, -0.25) is 4.79 Å². The van der Waals surface area contributed by atoms with Gasteiger partial charge in [0, 0.05) is 12.5 Å². The highest BCUT2D eigenvalue weighted by atomic mass is 32.2. The Morgan fingerprint density at radius 1 is 1.67 bits per heavy atom. The molecule has 1 atom stereocenters. The van der Waals surface area contributed by atoms with Gasteiger partial charge in [0.2, 0.25) is 0 Å². The number of fused-ring (bicyclic) bond motifs is 1. The van der Waals surface area contributed by atoms with Gasteiger partial charge in [-0.05, 0) is 12.1 Å². The summed E-state index contributed by atoms with van der Waals surface area (Å²) in [7, 11) is -2.33. The molecule has 64 valence electrons. The van der Waals surface area contributed by atoms with E-state index in [0.29, 0.717) is 11.6 Å². The molecule has 1 aromatic rings. The zero-order valence-electron chi connectivity index (χ0n) is 6.56. The van der Waals surface area contributed by atoms with Gasteiger partial charge in [-0.25, -0.2) is 4.21 Å². The van der Waals surface area contributed by atoms with Crippen molar-refractivity contribution in [3.8, 4) is 0 Å². The molecular formula is C7H8N2O2S. The number of aromatic nitrogens is 1. The third-order valence-corrected chi connectivity index (χ3v) is 3.01. The third-order valence-electron chi connectivity index (χ3n) is 1.70. The molecule has 12 heavy (non-hydrogen) atoms. The fourth-order valence-corrected chi connectivity index (χ4v) is 2.47. The fourth-order valence-electron chi connectivity index (χ4n) is 1.23. The first-order valence-electron chi connectivity index (χ1n) is 3.48. The molecule has 0 fully saturated rings. The number of rotatable bonds is 0. The largest absolute Gasteiger partial charge is 0.330 e. The first-order chi connectivity index (χ1) is 5.58. The van der Waals surface area contributed by atoms with Crippen LogP contribution in [0.15, 0.2) is 22.7 Å². The van der Waals surface area contributed by atoms with E-state index in [2.05, 4.69) is 4.36 Å². The minimum Gasteiger partial charge on any atom is -0.330 e. The van der Waals surface area contributed by atoms with Crippen molar-refractivity contribution < 1.29 is 9.00 Å². The molecule has 2 heterocycles. The number of hydrogen-bond acceptors (Lipinski definition) is 2. The van der Waals surface area contributed by atoms with Crippen molar-refractivity contribution >= 4 is 15.6 Å². The van der Waals surface area contributed by atoms with E-state index in [0.717, 1.165) is 0 Å². The normalized spacial score (nSPS) is 27.9. The van der Waals surface area contributed by atoms with Gasteiger partial charge in [-0.15, -0.1) is 0 Å². The van der Waals surface area contributed by atoms with Crippen molar-refractivity contribution in [2.24, 2.45) is 4.36 Å². The van der Waals surface area contributed by atoms with Crippen LogP contribution in [-0.4, -0.2) is 20.9 Å². The van der Waals surface area contributed by atoms with Crippen molar-refractivity contribution in [1.29, 1.82) is 0 Å². The molecule has 1 aliphatic heterocycles. The molecule has 1 aromatic heterocycles. The highest BCUT2D eigenvalue weighted by Crippen LogP contribution is 2.13. The van der Waals surface area contributed by atoms with Crippen LogP contribution < -0.4 is 0 Å². The van der Waals surface area contributed by atoms with E-state index in [4.69, 9.17) is 0 Å². The predicted octanol–water partition coefficient (Wildman–Crippen LogP) is 0.697. The van der Waals surface area contributed by atoms with Crippen LogP contribution in [0.5, 0.6) is 0 Å². The van der Waals surface area contributed by atoms with E-state index in [-0.39, 0.29) is 5.91 Å². The maximum Gasteiger partial charge on any atom is 0.301 e. The Morgan fingerprint density at radius 3 is 3.17 bits per heavy atom. The molecule has 0 saturated carbocycles. The molecule has 1 amide bonds. The van der Waals surface area contributed by atoms with Gasteiger partial charge in [-0.2, -0.15) is 4.36 Å². The van der Waals surface area contributed by atoms with E-state index < -0.39 is 9.73 Å². The Bertz CT molecular complexity index is 452. The lowest BCUT2D eigenvalue weighted by Crippen LogP contribution is -2.19. The molecule has 0 bridgehead atoms. The topological polar surface area (TPSA) is 51.4 Å². The lowest BCUT2D eigenvalue weighted by Gasteiger charge is -2.12. The number of carbonyl (C=O) groups is 1. The van der Waals surface area contributed by atoms with E-state index in [1.54, 1.807) is 22.9 Å². The number of carbonyl (C=O) groups excluding carboxylic acids is 1. The van der Waals surface area contributed by atoms with Gasteiger partial charge in [0.15, 0.2) is 0 Å². The van der Waals surface area contributed by atoms with Crippen molar-refractivity contribution in [2.45, 2.75) is 5.88 Å². The number of nitrogens with zero attached hydrogens (tertiary/aromatic N) is 2. The van der Waals surface area contributed by atoms with Gasteiger partial charge in [0.25, 0.3) is 0 Å². The number of hydrogen-bond donors (Lipinski definition) is 0. The molecular weight excluding hydrogens is 176 g/mol. The van der Waals surface area contributed by atoms with Crippen LogP contribution in [0.25, 0.3) is 0 Å². The molecule has 2 rings (SSSR count). The molecule has 0 radical (unpaired) electrons. The van der Waals surface area contributed by atoms with E-state index in [1.165, 1.54) is 6.26 Å². The molecule has 0 saturated heterocycles. The van der Waals surface area contributed by atoms with Crippen LogP contribution in [0.3, 0.4) is 0 Å². The standard InChI is InChI=1S/C7H8N2O2S/c1-12(11)5-9-4-2-3-6(9)7(10)8-12/h2-4H,5H2,1H3. The molecule has 0 aromatic carbocycles. The summed E-state index contributed by atoms with van der Waals surface area (Å²) in [5.74, 6) is -0.0556. The maximum absolute atomic E-state index is 11.5. The average molecular weight is 184 g/mol. The van der Waals surface area contributed by atoms with Crippen LogP contribution in [-0.2, 0) is 15.6 Å². The van der Waals surface area contributed by atoms with Crippen molar-refractivity contribution in [3.63, 3.8) is 0 Å². The minimum atomic E-state index is -2.33. The summed E-state index contributed by atoms with van der Waals surface area (Å²) in [6.45, 7) is 0. The maximum atomic E-state index is 11.5. The SMILES string of the molecule is CS1(=O)=NC(=O)c2cccn2C1. The second kappa shape index (κ2) is 2.20. The summed E-state index contributed by atoms with van der Waals surface area (Å²) < 4.78 is 16.7. The Balaban J connectivity index is 2.65. The second-order valence-corrected chi connectivity index (χ2v) is 5.21. The van der Waals surface area contributed by atoms with Crippen molar-refractivity contribution in [2.75, 3.05) is 6.26 Å². The summed E-state index contributed by atoms with van der Waals surface area (Å²) in [5.41, 5.74) is 0.524. The second-order valence-electron chi connectivity index (χ2n) is 2.85. The lowest BCUT2D eigenvalue weighted by molar-refractivity contribution is 0.0994. The average Bonchev–Trinajstić information content (AvgIpc) is 2.31. The molecule has 0 aliphatic carbocycles. The highest BCUT2D eigenvalue weighted by Gasteiger charge is 2.19. The Labute approximate surface area is 70.4 Å². The van der Waals surface area contributed by atoms with Crippen molar-refractivity contribution in [1.82, 2.24) is 4.57 Å². The molecule has 0 spiro atoms. The van der Waals surface area contributed by atoms with Crippen LogP contribution >= 0.6 is 0 Å². The van der Waals surface area contributed by atoms with E-state index in [9.17, 15) is 9.00 Å². The highest BCUT2D eigenvalue weighted by molar-refractivity contribution is 7.92. The van der Waals surface area contributed by atoms with Crippen LogP contribution in [0.4, 0.5) is 0 Å². The smallest absolute Gasteiger partial charge is 0.301 e. The molecule has 1 unspecified atom stereocenters. The van der Waals surface area contributed by atoms with Gasteiger partial charge >= 0.3 is 5.91 Å². The van der Waals surface area contributed by atoms with Crippen LogP contribution in [0, 0.1) is 0 Å². The summed E-state index contributed by atoms with van der Waals surface area (Å²) in [4.78, 5) is 11.2. The monoisotopic (exact) mass is 184 g/mol. The summed E-state index contributed by atoms with van der Waals surface area (Å²) >= 11 is 0. The zero-order chi connectivity index (χ0) is 8.77. The van der Waals surface area contributed by atoms with Gasteiger partial charge in [-0.1, -0.05) is 0 Å². The first-order valence-corrected chi connectivity index (χ1v) is 5.57.